The van der Waals surface area contributed by atoms with E-state index in [4.69, 9.17) is 11.6 Å². The summed E-state index contributed by atoms with van der Waals surface area (Å²) in [5, 5.41) is 5.98. The third-order valence-corrected chi connectivity index (χ3v) is 4.03. The van der Waals surface area contributed by atoms with Gasteiger partial charge in [-0.1, -0.05) is 17.7 Å². The second kappa shape index (κ2) is 8.60. The zero-order chi connectivity index (χ0) is 18.4. The molecule has 1 unspecified atom stereocenters. The Kier molecular flexibility index (Phi) is 6.50. The summed E-state index contributed by atoms with van der Waals surface area (Å²) in [7, 11) is 1.76. The highest BCUT2D eigenvalue weighted by molar-refractivity contribution is 6.30. The Hall–Kier alpha value is -2.44. The number of nitrogens with one attached hydrogen (secondary N) is 3. The molecule has 0 heterocycles. The summed E-state index contributed by atoms with van der Waals surface area (Å²) in [4.78, 5) is 25.1. The van der Waals surface area contributed by atoms with E-state index < -0.39 is 6.04 Å². The topological polar surface area (TPSA) is 62.6 Å². The van der Waals surface area contributed by atoms with E-state index in [9.17, 15) is 14.0 Å². The van der Waals surface area contributed by atoms with Gasteiger partial charge in [-0.05, 0) is 49.4 Å². The van der Waals surface area contributed by atoms with E-state index in [1.807, 2.05) is 0 Å². The minimum atomic E-state index is -0.446. The molecule has 2 aromatic rings. The van der Waals surface area contributed by atoms with E-state index in [0.717, 1.165) is 4.90 Å². The van der Waals surface area contributed by atoms with Gasteiger partial charge in [0.2, 0.25) is 0 Å². The molecule has 0 aliphatic heterocycles. The fourth-order valence-electron chi connectivity index (χ4n) is 2.19. The molecule has 7 heteroatoms. The Morgan fingerprint density at radius 3 is 2.44 bits per heavy atom. The Labute approximate surface area is 150 Å². The summed E-state index contributed by atoms with van der Waals surface area (Å²) in [6.07, 6.45) is 0. The average molecular weight is 365 g/mol. The van der Waals surface area contributed by atoms with Crippen LogP contribution in [0.15, 0.2) is 48.5 Å². The van der Waals surface area contributed by atoms with Crippen molar-refractivity contribution in [1.29, 1.82) is 0 Å². The zero-order valence-electron chi connectivity index (χ0n) is 14.0. The molecule has 0 aliphatic rings. The normalized spacial score (nSPS) is 13.0. The molecule has 0 bridgehead atoms. The molecule has 2 rings (SSSR count). The number of benzene rings is 2. The van der Waals surface area contributed by atoms with Gasteiger partial charge in [0, 0.05) is 16.4 Å². The number of amides is 2. The Bertz CT molecular complexity index is 752. The molecular weight excluding hydrogens is 345 g/mol. The standard InChI is InChI=1S/C18H19ClFN3O2/c1-12(18(25)22-16-5-3-4-13(19)10-16)23(2)11-17(24)21-15-8-6-14(20)7-9-15/h3-10,12H,11H2,1-2H3,(H,21,24)(H,22,25)/p+1/t12-/m0/s1. The van der Waals surface area contributed by atoms with Crippen molar-refractivity contribution in [2.24, 2.45) is 0 Å². The van der Waals surface area contributed by atoms with Crippen LogP contribution in [0.25, 0.3) is 0 Å². The fraction of sp³-hybridized carbons (Fsp3) is 0.222. The molecule has 0 saturated heterocycles. The Morgan fingerprint density at radius 1 is 1.12 bits per heavy atom. The number of carbonyl (C=O) groups excluding carboxylic acids is 2. The van der Waals surface area contributed by atoms with Crippen LogP contribution in [0.5, 0.6) is 0 Å². The maximum atomic E-state index is 12.9. The van der Waals surface area contributed by atoms with E-state index in [-0.39, 0.29) is 24.2 Å². The van der Waals surface area contributed by atoms with E-state index >= 15 is 0 Å². The summed E-state index contributed by atoms with van der Waals surface area (Å²) >= 11 is 5.89. The molecule has 0 aromatic heterocycles. The summed E-state index contributed by atoms with van der Waals surface area (Å²) in [5.74, 6) is -0.840. The molecular formula is C18H20ClFN3O2+. The van der Waals surface area contributed by atoms with Gasteiger partial charge in [-0.15, -0.1) is 0 Å². The van der Waals surface area contributed by atoms with E-state index in [0.29, 0.717) is 16.4 Å². The summed E-state index contributed by atoms with van der Waals surface area (Å²) in [6, 6.07) is 11.9. The molecule has 5 nitrogen and oxygen atoms in total. The lowest BCUT2D eigenvalue weighted by Crippen LogP contribution is -3.14. The van der Waals surface area contributed by atoms with Crippen molar-refractivity contribution in [3.05, 3.63) is 59.4 Å². The quantitative estimate of drug-likeness (QED) is 0.733. The van der Waals surface area contributed by atoms with Gasteiger partial charge in [0.25, 0.3) is 11.8 Å². The highest BCUT2D eigenvalue weighted by Gasteiger charge is 2.24. The van der Waals surface area contributed by atoms with Crippen LogP contribution >= 0.6 is 11.6 Å². The van der Waals surface area contributed by atoms with Crippen LogP contribution in [0, 0.1) is 5.82 Å². The first-order valence-corrected chi connectivity index (χ1v) is 8.17. The number of halogens is 2. The van der Waals surface area contributed by atoms with Crippen LogP contribution in [-0.4, -0.2) is 31.4 Å². The smallest absolute Gasteiger partial charge is 0.282 e. The minimum absolute atomic E-state index is 0.0987. The average Bonchev–Trinajstić information content (AvgIpc) is 2.56. The van der Waals surface area contributed by atoms with Gasteiger partial charge >= 0.3 is 0 Å². The number of hydrogen-bond donors (Lipinski definition) is 3. The van der Waals surface area contributed by atoms with Crippen molar-refractivity contribution in [1.82, 2.24) is 0 Å². The highest BCUT2D eigenvalue weighted by Crippen LogP contribution is 2.14. The first-order valence-electron chi connectivity index (χ1n) is 7.79. The van der Waals surface area contributed by atoms with Gasteiger partial charge in [-0.2, -0.15) is 0 Å². The van der Waals surface area contributed by atoms with Crippen LogP contribution in [0.2, 0.25) is 5.02 Å². The number of hydrogen-bond acceptors (Lipinski definition) is 2. The minimum Gasteiger partial charge on any atom is -0.321 e. The van der Waals surface area contributed by atoms with Gasteiger partial charge in [0.15, 0.2) is 12.6 Å². The Balaban J connectivity index is 1.88. The van der Waals surface area contributed by atoms with E-state index in [1.165, 1.54) is 24.3 Å². The lowest BCUT2D eigenvalue weighted by atomic mass is 10.2. The van der Waals surface area contributed by atoms with Crippen molar-refractivity contribution in [3.8, 4) is 0 Å². The fourth-order valence-corrected chi connectivity index (χ4v) is 2.38. The summed E-state index contributed by atoms with van der Waals surface area (Å²) in [5.41, 5.74) is 1.11. The van der Waals surface area contributed by atoms with Crippen LogP contribution in [0.4, 0.5) is 15.8 Å². The third-order valence-electron chi connectivity index (χ3n) is 3.79. The Morgan fingerprint density at radius 2 is 1.80 bits per heavy atom. The number of quaternary nitrogens is 1. The van der Waals surface area contributed by atoms with Crippen molar-refractivity contribution in [2.75, 3.05) is 24.2 Å². The molecule has 0 radical (unpaired) electrons. The van der Waals surface area contributed by atoms with Crippen molar-refractivity contribution in [2.45, 2.75) is 13.0 Å². The lowest BCUT2D eigenvalue weighted by molar-refractivity contribution is -0.885. The predicted molar refractivity (Wildman–Crippen MR) is 96.3 cm³/mol. The lowest BCUT2D eigenvalue weighted by Gasteiger charge is -2.20. The number of rotatable bonds is 6. The van der Waals surface area contributed by atoms with Gasteiger partial charge in [-0.3, -0.25) is 9.59 Å². The number of anilines is 2. The molecule has 2 atom stereocenters. The summed E-state index contributed by atoms with van der Waals surface area (Å²) < 4.78 is 12.9. The largest absolute Gasteiger partial charge is 0.321 e. The number of carbonyl (C=O) groups is 2. The zero-order valence-corrected chi connectivity index (χ0v) is 14.7. The second-order valence-electron chi connectivity index (χ2n) is 5.80. The van der Waals surface area contributed by atoms with Crippen molar-refractivity contribution in [3.63, 3.8) is 0 Å². The summed E-state index contributed by atoms with van der Waals surface area (Å²) in [6.45, 7) is 1.84. The monoisotopic (exact) mass is 364 g/mol. The van der Waals surface area contributed by atoms with Crippen LogP contribution in [-0.2, 0) is 9.59 Å². The third kappa shape index (κ3) is 5.85. The van der Waals surface area contributed by atoms with Crippen molar-refractivity contribution >= 4 is 34.8 Å². The second-order valence-corrected chi connectivity index (χ2v) is 6.24. The molecule has 3 N–H and O–H groups in total. The van der Waals surface area contributed by atoms with Crippen LogP contribution < -0.4 is 15.5 Å². The van der Waals surface area contributed by atoms with Gasteiger partial charge in [0.1, 0.15) is 5.82 Å². The molecule has 0 spiro atoms. The first-order chi connectivity index (χ1) is 11.8. The van der Waals surface area contributed by atoms with Gasteiger partial charge in [0.05, 0.1) is 7.05 Å². The SMILES string of the molecule is C[C@@H](C(=O)Nc1cccc(Cl)c1)[NH+](C)CC(=O)Nc1ccc(F)cc1. The predicted octanol–water partition coefficient (Wildman–Crippen LogP) is 1.96. The molecule has 132 valence electrons. The highest BCUT2D eigenvalue weighted by atomic mass is 35.5. The molecule has 0 fully saturated rings. The maximum absolute atomic E-state index is 12.9. The number of likely N-dealkylation sites (N-methyl/N-ethyl adjacent to an activating group) is 1. The van der Waals surface area contributed by atoms with E-state index in [2.05, 4.69) is 10.6 Å². The molecule has 25 heavy (non-hydrogen) atoms. The van der Waals surface area contributed by atoms with E-state index in [1.54, 1.807) is 38.2 Å². The molecule has 2 amide bonds. The molecule has 0 saturated carbocycles. The maximum Gasteiger partial charge on any atom is 0.282 e. The molecule has 0 aliphatic carbocycles. The van der Waals surface area contributed by atoms with Crippen LogP contribution in [0.3, 0.4) is 0 Å². The van der Waals surface area contributed by atoms with Crippen LogP contribution in [0.1, 0.15) is 6.92 Å². The van der Waals surface area contributed by atoms with Gasteiger partial charge in [-0.25, -0.2) is 4.39 Å². The first kappa shape index (κ1) is 18.9. The van der Waals surface area contributed by atoms with Crippen molar-refractivity contribution < 1.29 is 18.9 Å². The van der Waals surface area contributed by atoms with Gasteiger partial charge < -0.3 is 15.5 Å². The molecule has 2 aromatic carbocycles.